The lowest BCUT2D eigenvalue weighted by molar-refractivity contribution is 0.102. The molecule has 2 aromatic rings. The summed E-state index contributed by atoms with van der Waals surface area (Å²) in [5.74, 6) is 0.991. The third kappa shape index (κ3) is 4.68. The standard InChI is InChI=1S/C18H24N4O3.ClH/c1-3-25-17-11-13(6-7-16(17)24-2)20-18(23)15-8-10-22(21-15)14-5-4-9-19-12-14;/h6-8,10-11,14,19H,3-5,9,12H2,1-2H3,(H,20,23);1H. The number of piperidine rings is 1. The van der Waals surface area contributed by atoms with Crippen LogP contribution in [0.25, 0.3) is 0 Å². The fourth-order valence-electron chi connectivity index (χ4n) is 2.94. The molecule has 1 saturated heterocycles. The third-order valence-electron chi connectivity index (χ3n) is 4.21. The van der Waals surface area contributed by atoms with E-state index in [1.807, 2.05) is 17.8 Å². The van der Waals surface area contributed by atoms with Crippen LogP contribution in [0.3, 0.4) is 0 Å². The number of ether oxygens (including phenoxy) is 2. The first kappa shape index (κ1) is 20.1. The lowest BCUT2D eigenvalue weighted by atomic mass is 10.1. The average molecular weight is 381 g/mol. The summed E-state index contributed by atoms with van der Waals surface area (Å²) < 4.78 is 12.7. The van der Waals surface area contributed by atoms with Crippen LogP contribution in [0.15, 0.2) is 30.5 Å². The molecule has 1 aromatic carbocycles. The number of aromatic nitrogens is 2. The Balaban J connectivity index is 0.00000243. The molecule has 142 valence electrons. The summed E-state index contributed by atoms with van der Waals surface area (Å²) in [4.78, 5) is 12.5. The van der Waals surface area contributed by atoms with Crippen molar-refractivity contribution < 1.29 is 14.3 Å². The molecule has 1 unspecified atom stereocenters. The summed E-state index contributed by atoms with van der Waals surface area (Å²) in [6.07, 6.45) is 4.07. The van der Waals surface area contributed by atoms with Crippen LogP contribution in [0, 0.1) is 0 Å². The lowest BCUT2D eigenvalue weighted by Crippen LogP contribution is -2.32. The Morgan fingerprint density at radius 1 is 1.38 bits per heavy atom. The number of hydrogen-bond acceptors (Lipinski definition) is 5. The molecule has 0 radical (unpaired) electrons. The first-order valence-electron chi connectivity index (χ1n) is 8.59. The van der Waals surface area contributed by atoms with Crippen molar-refractivity contribution in [2.75, 3.05) is 32.1 Å². The fourth-order valence-corrected chi connectivity index (χ4v) is 2.94. The van der Waals surface area contributed by atoms with Crippen molar-refractivity contribution in [3.63, 3.8) is 0 Å². The molecular formula is C18H25ClN4O3. The smallest absolute Gasteiger partial charge is 0.276 e. The zero-order valence-electron chi connectivity index (χ0n) is 15.0. The highest BCUT2D eigenvalue weighted by molar-refractivity contribution is 6.02. The number of nitrogens with zero attached hydrogens (tertiary/aromatic N) is 2. The number of halogens is 1. The zero-order valence-corrected chi connectivity index (χ0v) is 15.8. The first-order valence-corrected chi connectivity index (χ1v) is 8.59. The number of amides is 1. The molecule has 1 fully saturated rings. The van der Waals surface area contributed by atoms with Crippen LogP contribution < -0.4 is 20.1 Å². The van der Waals surface area contributed by atoms with Crippen molar-refractivity contribution in [1.82, 2.24) is 15.1 Å². The molecule has 0 saturated carbocycles. The Hall–Kier alpha value is -2.25. The fraction of sp³-hybridized carbons (Fsp3) is 0.444. The number of nitrogens with one attached hydrogen (secondary N) is 2. The number of rotatable bonds is 6. The number of methoxy groups -OCH3 is 1. The van der Waals surface area contributed by atoms with E-state index < -0.39 is 0 Å². The third-order valence-corrected chi connectivity index (χ3v) is 4.21. The van der Waals surface area contributed by atoms with Gasteiger partial charge in [0.2, 0.25) is 0 Å². The zero-order chi connectivity index (χ0) is 17.6. The normalized spacial score (nSPS) is 16.5. The van der Waals surface area contributed by atoms with Gasteiger partial charge in [-0.1, -0.05) is 0 Å². The largest absolute Gasteiger partial charge is 0.493 e. The molecule has 1 atom stereocenters. The van der Waals surface area contributed by atoms with Crippen molar-refractivity contribution in [3.05, 3.63) is 36.2 Å². The lowest BCUT2D eigenvalue weighted by Gasteiger charge is -2.22. The predicted molar refractivity (Wildman–Crippen MR) is 103 cm³/mol. The molecule has 2 heterocycles. The molecule has 3 rings (SSSR count). The van der Waals surface area contributed by atoms with Crippen LogP contribution in [-0.4, -0.2) is 42.5 Å². The quantitative estimate of drug-likeness (QED) is 0.805. The van der Waals surface area contributed by atoms with Crippen LogP contribution in [0.5, 0.6) is 11.5 Å². The second-order valence-corrected chi connectivity index (χ2v) is 5.93. The minimum absolute atomic E-state index is 0. The summed E-state index contributed by atoms with van der Waals surface area (Å²) in [6.45, 7) is 4.36. The molecule has 1 aliphatic rings. The molecule has 1 aliphatic heterocycles. The molecule has 26 heavy (non-hydrogen) atoms. The van der Waals surface area contributed by atoms with Crippen LogP contribution in [0.2, 0.25) is 0 Å². The number of benzene rings is 1. The summed E-state index contributed by atoms with van der Waals surface area (Å²) in [5.41, 5.74) is 1.04. The molecule has 0 spiro atoms. The maximum absolute atomic E-state index is 12.5. The average Bonchev–Trinajstić information content (AvgIpc) is 3.13. The molecule has 1 amide bonds. The Labute approximate surface area is 159 Å². The van der Waals surface area contributed by atoms with E-state index in [0.29, 0.717) is 35.5 Å². The SMILES string of the molecule is CCOc1cc(NC(=O)c2ccn(C3CCCNC3)n2)ccc1OC.Cl. The molecule has 0 aliphatic carbocycles. The van der Waals surface area contributed by atoms with Gasteiger partial charge < -0.3 is 20.1 Å². The summed E-state index contributed by atoms with van der Waals surface area (Å²) >= 11 is 0. The van der Waals surface area contributed by atoms with Gasteiger partial charge in [-0.25, -0.2) is 0 Å². The van der Waals surface area contributed by atoms with Crippen molar-refractivity contribution in [2.24, 2.45) is 0 Å². The van der Waals surface area contributed by atoms with Gasteiger partial charge in [0, 0.05) is 24.5 Å². The summed E-state index contributed by atoms with van der Waals surface area (Å²) in [7, 11) is 1.59. The van der Waals surface area contributed by atoms with Gasteiger partial charge in [0.1, 0.15) is 0 Å². The van der Waals surface area contributed by atoms with Gasteiger partial charge in [-0.2, -0.15) is 5.10 Å². The molecule has 1 aromatic heterocycles. The van der Waals surface area contributed by atoms with Crippen molar-refractivity contribution in [1.29, 1.82) is 0 Å². The van der Waals surface area contributed by atoms with Gasteiger partial charge in [-0.05, 0) is 44.5 Å². The monoisotopic (exact) mass is 380 g/mol. The first-order chi connectivity index (χ1) is 12.2. The van der Waals surface area contributed by atoms with Crippen molar-refractivity contribution >= 4 is 24.0 Å². The van der Waals surface area contributed by atoms with Crippen molar-refractivity contribution in [2.45, 2.75) is 25.8 Å². The van der Waals surface area contributed by atoms with E-state index in [0.717, 1.165) is 25.9 Å². The van der Waals surface area contributed by atoms with Crippen LogP contribution in [0.4, 0.5) is 5.69 Å². The predicted octanol–water partition coefficient (Wildman–Crippen LogP) is 2.89. The number of anilines is 1. The van der Waals surface area contributed by atoms with Crippen LogP contribution >= 0.6 is 12.4 Å². The highest BCUT2D eigenvalue weighted by Gasteiger charge is 2.18. The van der Waals surface area contributed by atoms with Gasteiger partial charge in [0.15, 0.2) is 17.2 Å². The maximum Gasteiger partial charge on any atom is 0.276 e. The minimum Gasteiger partial charge on any atom is -0.493 e. The maximum atomic E-state index is 12.5. The van der Waals surface area contributed by atoms with E-state index in [1.165, 1.54) is 0 Å². The second-order valence-electron chi connectivity index (χ2n) is 5.93. The van der Waals surface area contributed by atoms with E-state index in [4.69, 9.17) is 9.47 Å². The molecule has 0 bridgehead atoms. The molecular weight excluding hydrogens is 356 g/mol. The van der Waals surface area contributed by atoms with Crippen LogP contribution in [-0.2, 0) is 0 Å². The molecule has 8 heteroatoms. The van der Waals surface area contributed by atoms with Crippen molar-refractivity contribution in [3.8, 4) is 11.5 Å². The summed E-state index contributed by atoms with van der Waals surface area (Å²) in [6, 6.07) is 7.36. The van der Waals surface area contributed by atoms with E-state index in [1.54, 1.807) is 31.4 Å². The molecule has 2 N–H and O–H groups in total. The Bertz CT molecular complexity index is 729. The minimum atomic E-state index is -0.241. The van der Waals surface area contributed by atoms with Gasteiger partial charge in [0.25, 0.3) is 5.91 Å². The summed E-state index contributed by atoms with van der Waals surface area (Å²) in [5, 5.41) is 10.6. The van der Waals surface area contributed by atoms with E-state index >= 15 is 0 Å². The van der Waals surface area contributed by atoms with Gasteiger partial charge in [-0.15, -0.1) is 12.4 Å². The molecule has 7 nitrogen and oxygen atoms in total. The highest BCUT2D eigenvalue weighted by Crippen LogP contribution is 2.30. The van der Waals surface area contributed by atoms with Crippen LogP contribution in [0.1, 0.15) is 36.3 Å². The number of hydrogen-bond donors (Lipinski definition) is 2. The highest BCUT2D eigenvalue weighted by atomic mass is 35.5. The van der Waals surface area contributed by atoms with Gasteiger partial charge in [0.05, 0.1) is 19.8 Å². The second kappa shape index (κ2) is 9.45. The van der Waals surface area contributed by atoms with Gasteiger partial charge >= 0.3 is 0 Å². The Morgan fingerprint density at radius 3 is 2.92 bits per heavy atom. The topological polar surface area (TPSA) is 77.4 Å². The van der Waals surface area contributed by atoms with E-state index in [2.05, 4.69) is 15.7 Å². The number of carbonyl (C=O) groups excluding carboxylic acids is 1. The Kier molecular flexibility index (Phi) is 7.29. The number of carbonyl (C=O) groups is 1. The Morgan fingerprint density at radius 2 is 2.23 bits per heavy atom. The van der Waals surface area contributed by atoms with Gasteiger partial charge in [-0.3, -0.25) is 9.48 Å². The van der Waals surface area contributed by atoms with E-state index in [9.17, 15) is 4.79 Å². The van der Waals surface area contributed by atoms with E-state index in [-0.39, 0.29) is 18.3 Å².